The summed E-state index contributed by atoms with van der Waals surface area (Å²) in [5.74, 6) is -0.433. The maximum absolute atomic E-state index is 12.5. The molecular weight excluding hydrogens is 176 g/mol. The standard InChI is InChI=1S/C9H15F2NO/c1-13-6-9-2-3-12(9)5-7(4-9)8(10)11/h7-8H,2-6H2,1H3/t7-,9-/m0/s1. The van der Waals surface area contributed by atoms with Crippen LogP contribution >= 0.6 is 0 Å². The van der Waals surface area contributed by atoms with E-state index in [1.54, 1.807) is 7.11 Å². The Labute approximate surface area is 76.9 Å². The average molecular weight is 191 g/mol. The first-order valence-electron chi connectivity index (χ1n) is 4.70. The van der Waals surface area contributed by atoms with Gasteiger partial charge >= 0.3 is 0 Å². The molecule has 0 spiro atoms. The molecule has 13 heavy (non-hydrogen) atoms. The number of methoxy groups -OCH3 is 1. The molecule has 2 rings (SSSR count). The number of hydrogen-bond donors (Lipinski definition) is 0. The maximum atomic E-state index is 12.5. The monoisotopic (exact) mass is 191 g/mol. The van der Waals surface area contributed by atoms with Gasteiger partial charge in [0.15, 0.2) is 0 Å². The van der Waals surface area contributed by atoms with E-state index in [0.717, 1.165) is 13.0 Å². The Bertz CT molecular complexity index is 200. The van der Waals surface area contributed by atoms with E-state index in [1.807, 2.05) is 0 Å². The molecule has 2 heterocycles. The van der Waals surface area contributed by atoms with Crippen molar-refractivity contribution >= 4 is 0 Å². The lowest BCUT2D eigenvalue weighted by molar-refractivity contribution is -0.0340. The van der Waals surface area contributed by atoms with Gasteiger partial charge in [-0.05, 0) is 12.8 Å². The molecule has 2 atom stereocenters. The molecule has 2 aliphatic heterocycles. The minimum absolute atomic E-state index is 0.0319. The van der Waals surface area contributed by atoms with E-state index in [-0.39, 0.29) is 5.54 Å². The molecule has 0 radical (unpaired) electrons. The number of halogens is 2. The van der Waals surface area contributed by atoms with Gasteiger partial charge in [-0.1, -0.05) is 0 Å². The van der Waals surface area contributed by atoms with Crippen LogP contribution in [0.15, 0.2) is 0 Å². The molecule has 0 N–H and O–H groups in total. The normalized spacial score (nSPS) is 39.2. The summed E-state index contributed by atoms with van der Waals surface area (Å²) in [5.41, 5.74) is -0.0319. The van der Waals surface area contributed by atoms with Crippen molar-refractivity contribution in [3.63, 3.8) is 0 Å². The van der Waals surface area contributed by atoms with E-state index >= 15 is 0 Å². The van der Waals surface area contributed by atoms with Crippen molar-refractivity contribution in [2.45, 2.75) is 24.8 Å². The van der Waals surface area contributed by atoms with E-state index in [1.165, 1.54) is 0 Å². The Hall–Kier alpha value is -0.220. The Kier molecular flexibility index (Phi) is 2.28. The number of nitrogens with zero attached hydrogens (tertiary/aromatic N) is 1. The summed E-state index contributed by atoms with van der Waals surface area (Å²) in [6, 6.07) is 0. The number of ether oxygens (including phenoxy) is 1. The Morgan fingerprint density at radius 3 is 2.85 bits per heavy atom. The lowest BCUT2D eigenvalue weighted by Crippen LogP contribution is -2.58. The summed E-state index contributed by atoms with van der Waals surface area (Å²) in [6.07, 6.45) is -0.540. The van der Waals surface area contributed by atoms with Crippen molar-refractivity contribution in [3.05, 3.63) is 0 Å². The number of alkyl halides is 2. The molecule has 0 aromatic heterocycles. The third kappa shape index (κ3) is 1.36. The van der Waals surface area contributed by atoms with Crippen molar-refractivity contribution in [3.8, 4) is 0 Å². The summed E-state index contributed by atoms with van der Waals surface area (Å²) in [4.78, 5) is 2.15. The summed E-state index contributed by atoms with van der Waals surface area (Å²) >= 11 is 0. The van der Waals surface area contributed by atoms with Gasteiger partial charge in [0.2, 0.25) is 6.43 Å². The maximum Gasteiger partial charge on any atom is 0.242 e. The zero-order chi connectivity index (χ0) is 9.47. The molecule has 2 nitrogen and oxygen atoms in total. The Morgan fingerprint density at radius 1 is 1.62 bits per heavy atom. The molecule has 76 valence electrons. The molecule has 0 saturated carbocycles. The fraction of sp³-hybridized carbons (Fsp3) is 1.00. The Morgan fingerprint density at radius 2 is 2.38 bits per heavy atom. The fourth-order valence-electron chi connectivity index (χ4n) is 2.60. The lowest BCUT2D eigenvalue weighted by atomic mass is 9.84. The van der Waals surface area contributed by atoms with Gasteiger partial charge in [-0.2, -0.15) is 0 Å². The van der Waals surface area contributed by atoms with Crippen molar-refractivity contribution in [2.24, 2.45) is 5.92 Å². The molecule has 2 fully saturated rings. The fourth-order valence-corrected chi connectivity index (χ4v) is 2.60. The number of hydrogen-bond acceptors (Lipinski definition) is 2. The molecule has 2 saturated heterocycles. The van der Waals surface area contributed by atoms with Crippen LogP contribution in [0, 0.1) is 5.92 Å². The van der Waals surface area contributed by atoms with Crippen LogP contribution in [0.2, 0.25) is 0 Å². The molecule has 0 bridgehead atoms. The largest absolute Gasteiger partial charge is 0.383 e. The highest BCUT2D eigenvalue weighted by Crippen LogP contribution is 2.44. The van der Waals surface area contributed by atoms with E-state index in [0.29, 0.717) is 19.6 Å². The predicted octanol–water partition coefficient (Wildman–Crippen LogP) is 1.36. The third-order valence-electron chi connectivity index (χ3n) is 3.38. The van der Waals surface area contributed by atoms with Crippen molar-refractivity contribution in [2.75, 3.05) is 26.8 Å². The molecule has 0 amide bonds. The second-order valence-corrected chi connectivity index (χ2v) is 4.15. The second-order valence-electron chi connectivity index (χ2n) is 4.15. The highest BCUT2D eigenvalue weighted by Gasteiger charge is 2.53. The predicted molar refractivity (Wildman–Crippen MR) is 44.9 cm³/mol. The molecule has 0 aliphatic carbocycles. The molecular formula is C9H15F2NO. The topological polar surface area (TPSA) is 12.5 Å². The van der Waals surface area contributed by atoms with Crippen LogP contribution in [-0.4, -0.2) is 43.7 Å². The van der Waals surface area contributed by atoms with Crippen LogP contribution in [0.4, 0.5) is 8.78 Å². The smallest absolute Gasteiger partial charge is 0.242 e. The molecule has 0 aromatic carbocycles. The lowest BCUT2D eigenvalue weighted by Gasteiger charge is -2.47. The first kappa shape index (κ1) is 9.34. The summed E-state index contributed by atoms with van der Waals surface area (Å²) in [6.45, 7) is 2.13. The van der Waals surface area contributed by atoms with Gasteiger partial charge in [0, 0.05) is 31.7 Å². The van der Waals surface area contributed by atoms with Gasteiger partial charge in [0.25, 0.3) is 0 Å². The van der Waals surface area contributed by atoms with Gasteiger partial charge < -0.3 is 4.74 Å². The van der Waals surface area contributed by atoms with Gasteiger partial charge in [0.05, 0.1) is 6.61 Å². The first-order valence-corrected chi connectivity index (χ1v) is 4.70. The van der Waals surface area contributed by atoms with E-state index in [4.69, 9.17) is 4.74 Å². The van der Waals surface area contributed by atoms with Crippen LogP contribution in [-0.2, 0) is 4.74 Å². The quantitative estimate of drug-likeness (QED) is 0.668. The SMILES string of the molecule is COC[C@@]12CCN1C[C@@H](C(F)F)C2. The summed E-state index contributed by atoms with van der Waals surface area (Å²) in [5, 5.41) is 0. The molecule has 0 aromatic rings. The van der Waals surface area contributed by atoms with Crippen molar-refractivity contribution < 1.29 is 13.5 Å². The highest BCUT2D eigenvalue weighted by molar-refractivity contribution is 5.06. The van der Waals surface area contributed by atoms with Crippen LogP contribution < -0.4 is 0 Å². The molecule has 4 heteroatoms. The second kappa shape index (κ2) is 3.17. The van der Waals surface area contributed by atoms with Gasteiger partial charge in [0.1, 0.15) is 0 Å². The minimum Gasteiger partial charge on any atom is -0.383 e. The van der Waals surface area contributed by atoms with Crippen LogP contribution in [0.5, 0.6) is 0 Å². The average Bonchev–Trinajstić information content (AvgIpc) is 2.29. The Balaban J connectivity index is 2.00. The minimum atomic E-state index is -2.17. The van der Waals surface area contributed by atoms with Gasteiger partial charge in [-0.15, -0.1) is 0 Å². The van der Waals surface area contributed by atoms with Gasteiger partial charge in [-0.25, -0.2) is 8.78 Å². The van der Waals surface area contributed by atoms with Crippen LogP contribution in [0.25, 0.3) is 0 Å². The van der Waals surface area contributed by atoms with Crippen molar-refractivity contribution in [1.82, 2.24) is 4.90 Å². The zero-order valence-electron chi connectivity index (χ0n) is 7.80. The first-order chi connectivity index (χ1) is 6.18. The van der Waals surface area contributed by atoms with Crippen LogP contribution in [0.3, 0.4) is 0 Å². The number of rotatable bonds is 3. The third-order valence-corrected chi connectivity index (χ3v) is 3.38. The van der Waals surface area contributed by atoms with Crippen molar-refractivity contribution in [1.29, 1.82) is 0 Å². The molecule has 0 unspecified atom stereocenters. The molecule has 2 aliphatic rings. The van der Waals surface area contributed by atoms with E-state index < -0.39 is 12.3 Å². The van der Waals surface area contributed by atoms with Gasteiger partial charge in [-0.3, -0.25) is 4.90 Å². The van der Waals surface area contributed by atoms with Crippen LogP contribution in [0.1, 0.15) is 12.8 Å². The van der Waals surface area contributed by atoms with E-state index in [2.05, 4.69) is 4.90 Å². The number of fused-ring (bicyclic) bond motifs is 1. The summed E-state index contributed by atoms with van der Waals surface area (Å²) in [7, 11) is 1.64. The highest BCUT2D eigenvalue weighted by atomic mass is 19.3. The summed E-state index contributed by atoms with van der Waals surface area (Å²) < 4.78 is 30.0. The van der Waals surface area contributed by atoms with E-state index in [9.17, 15) is 8.78 Å². The zero-order valence-corrected chi connectivity index (χ0v) is 7.80.